The molecule has 92 valence electrons. The minimum Gasteiger partial charge on any atom is -0.438 e. The van der Waals surface area contributed by atoms with Gasteiger partial charge in [0.1, 0.15) is 0 Å². The summed E-state index contributed by atoms with van der Waals surface area (Å²) in [5, 5.41) is 0. The highest BCUT2D eigenvalue weighted by Crippen LogP contribution is 2.30. The highest BCUT2D eigenvalue weighted by molar-refractivity contribution is 5.71. The normalized spacial score (nSPS) is 21.8. The lowest BCUT2D eigenvalue weighted by Crippen LogP contribution is -2.46. The van der Waals surface area contributed by atoms with Crippen LogP contribution in [0.3, 0.4) is 0 Å². The van der Waals surface area contributed by atoms with Crippen LogP contribution in [0.4, 0.5) is 5.88 Å². The molecule has 3 rings (SSSR count). The average molecular weight is 234 g/mol. The van der Waals surface area contributed by atoms with E-state index in [1.54, 1.807) is 6.07 Å². The van der Waals surface area contributed by atoms with Gasteiger partial charge in [-0.15, -0.1) is 0 Å². The smallest absolute Gasteiger partial charge is 0.196 e. The van der Waals surface area contributed by atoms with Crippen molar-refractivity contribution in [1.82, 2.24) is 4.90 Å². The first kappa shape index (κ1) is 10.8. The van der Waals surface area contributed by atoms with Crippen molar-refractivity contribution in [3.8, 4) is 0 Å². The van der Waals surface area contributed by atoms with Gasteiger partial charge in [0.25, 0.3) is 0 Å². The van der Waals surface area contributed by atoms with E-state index in [2.05, 4.69) is 9.80 Å². The zero-order chi connectivity index (χ0) is 11.7. The molecule has 4 nitrogen and oxygen atoms in total. The van der Waals surface area contributed by atoms with Crippen LogP contribution in [-0.2, 0) is 0 Å². The molecule has 17 heavy (non-hydrogen) atoms. The van der Waals surface area contributed by atoms with Crippen molar-refractivity contribution in [2.75, 3.05) is 37.6 Å². The second-order valence-electron chi connectivity index (χ2n) is 5.02. The van der Waals surface area contributed by atoms with Gasteiger partial charge in [-0.25, -0.2) is 0 Å². The molecular weight excluding hydrogens is 216 g/mol. The predicted octanol–water partition coefficient (Wildman–Crippen LogP) is 1.62. The Balaban J connectivity index is 1.54. The van der Waals surface area contributed by atoms with Crippen LogP contribution in [0.5, 0.6) is 0 Å². The van der Waals surface area contributed by atoms with E-state index in [4.69, 9.17) is 4.42 Å². The van der Waals surface area contributed by atoms with Crippen LogP contribution in [0.25, 0.3) is 0 Å². The predicted molar refractivity (Wildman–Crippen MR) is 65.5 cm³/mol. The summed E-state index contributed by atoms with van der Waals surface area (Å²) in [6, 6.07) is 3.62. The molecule has 4 heteroatoms. The molecule has 1 saturated heterocycles. The highest BCUT2D eigenvalue weighted by Gasteiger charge is 2.26. The van der Waals surface area contributed by atoms with E-state index in [1.165, 1.54) is 19.4 Å². The molecular formula is C13H18N2O2. The van der Waals surface area contributed by atoms with Crippen LogP contribution in [0.2, 0.25) is 0 Å². The molecule has 0 N–H and O–H groups in total. The second kappa shape index (κ2) is 4.53. The number of carbonyl (C=O) groups excluding carboxylic acids is 1. The number of anilines is 1. The molecule has 0 aromatic carbocycles. The Bertz CT molecular complexity index is 390. The maximum atomic E-state index is 10.6. The number of aldehydes is 1. The van der Waals surface area contributed by atoms with Crippen LogP contribution in [0.1, 0.15) is 23.4 Å². The minimum absolute atomic E-state index is 0.417. The van der Waals surface area contributed by atoms with Gasteiger partial charge in [0.15, 0.2) is 17.9 Å². The van der Waals surface area contributed by atoms with Crippen molar-refractivity contribution in [3.63, 3.8) is 0 Å². The van der Waals surface area contributed by atoms with Gasteiger partial charge >= 0.3 is 0 Å². The van der Waals surface area contributed by atoms with Crippen molar-refractivity contribution in [2.24, 2.45) is 5.92 Å². The number of hydrogen-bond donors (Lipinski definition) is 0. The molecule has 1 saturated carbocycles. The zero-order valence-corrected chi connectivity index (χ0v) is 9.97. The van der Waals surface area contributed by atoms with E-state index in [-0.39, 0.29) is 0 Å². The number of nitrogens with zero attached hydrogens (tertiary/aromatic N) is 2. The van der Waals surface area contributed by atoms with Crippen molar-refractivity contribution < 1.29 is 9.21 Å². The van der Waals surface area contributed by atoms with Gasteiger partial charge in [-0.3, -0.25) is 9.69 Å². The third-order valence-corrected chi connectivity index (χ3v) is 3.63. The first-order chi connectivity index (χ1) is 8.35. The molecule has 0 spiro atoms. The minimum atomic E-state index is 0.417. The summed E-state index contributed by atoms with van der Waals surface area (Å²) in [7, 11) is 0. The van der Waals surface area contributed by atoms with Crippen LogP contribution in [-0.4, -0.2) is 43.9 Å². The summed E-state index contributed by atoms with van der Waals surface area (Å²) >= 11 is 0. The maximum absolute atomic E-state index is 10.6. The lowest BCUT2D eigenvalue weighted by molar-refractivity contribution is 0.110. The van der Waals surface area contributed by atoms with Gasteiger partial charge in [0.05, 0.1) is 0 Å². The SMILES string of the molecule is O=Cc1ccc(N2CCN(CC3CC3)CC2)o1. The summed E-state index contributed by atoms with van der Waals surface area (Å²) in [6.45, 7) is 5.48. The first-order valence-electron chi connectivity index (χ1n) is 6.37. The Morgan fingerprint density at radius 3 is 2.59 bits per heavy atom. The van der Waals surface area contributed by atoms with E-state index < -0.39 is 0 Å². The topological polar surface area (TPSA) is 36.7 Å². The molecule has 0 amide bonds. The van der Waals surface area contributed by atoms with Gasteiger partial charge < -0.3 is 9.32 Å². The summed E-state index contributed by atoms with van der Waals surface area (Å²) in [5.74, 6) is 2.21. The second-order valence-corrected chi connectivity index (χ2v) is 5.02. The molecule has 0 atom stereocenters. The van der Waals surface area contributed by atoms with Crippen LogP contribution in [0.15, 0.2) is 16.5 Å². The molecule has 1 aromatic rings. The third-order valence-electron chi connectivity index (χ3n) is 3.63. The first-order valence-corrected chi connectivity index (χ1v) is 6.37. The Kier molecular flexibility index (Phi) is 2.89. The number of hydrogen-bond acceptors (Lipinski definition) is 4. The van der Waals surface area contributed by atoms with Crippen molar-refractivity contribution >= 4 is 12.2 Å². The van der Waals surface area contributed by atoms with Crippen molar-refractivity contribution in [3.05, 3.63) is 17.9 Å². The van der Waals surface area contributed by atoms with Gasteiger partial charge in [-0.05, 0) is 24.8 Å². The van der Waals surface area contributed by atoms with Gasteiger partial charge in [0.2, 0.25) is 0 Å². The molecule has 1 aromatic heterocycles. The van der Waals surface area contributed by atoms with Crippen molar-refractivity contribution in [2.45, 2.75) is 12.8 Å². The van der Waals surface area contributed by atoms with E-state index in [1.807, 2.05) is 6.07 Å². The molecule has 1 aliphatic carbocycles. The number of piperazine rings is 1. The van der Waals surface area contributed by atoms with Crippen LogP contribution < -0.4 is 4.90 Å². The van der Waals surface area contributed by atoms with E-state index >= 15 is 0 Å². The molecule has 0 bridgehead atoms. The fraction of sp³-hybridized carbons (Fsp3) is 0.615. The summed E-state index contributed by atoms with van der Waals surface area (Å²) < 4.78 is 5.44. The molecule has 2 aliphatic rings. The van der Waals surface area contributed by atoms with E-state index in [9.17, 15) is 4.79 Å². The fourth-order valence-electron chi connectivity index (χ4n) is 2.39. The van der Waals surface area contributed by atoms with Crippen LogP contribution in [0, 0.1) is 5.92 Å². The number of furan rings is 1. The quantitative estimate of drug-likeness (QED) is 0.742. The Labute approximate surface area is 101 Å². The van der Waals surface area contributed by atoms with Gasteiger partial charge in [-0.2, -0.15) is 0 Å². The third kappa shape index (κ3) is 2.52. The van der Waals surface area contributed by atoms with E-state index in [0.717, 1.165) is 44.3 Å². The standard InChI is InChI=1S/C13H18N2O2/c16-10-12-3-4-13(17-12)15-7-5-14(6-8-15)9-11-1-2-11/h3-4,10-11H,1-2,5-9H2. The van der Waals surface area contributed by atoms with Gasteiger partial charge in [0, 0.05) is 38.8 Å². The van der Waals surface area contributed by atoms with Crippen LogP contribution >= 0.6 is 0 Å². The largest absolute Gasteiger partial charge is 0.438 e. The Hall–Kier alpha value is -1.29. The number of rotatable bonds is 4. The molecule has 1 aliphatic heterocycles. The summed E-state index contributed by atoms with van der Waals surface area (Å²) in [5.41, 5.74) is 0. The molecule has 2 fully saturated rings. The summed E-state index contributed by atoms with van der Waals surface area (Å²) in [4.78, 5) is 15.3. The molecule has 0 unspecified atom stereocenters. The fourth-order valence-corrected chi connectivity index (χ4v) is 2.39. The lowest BCUT2D eigenvalue weighted by Gasteiger charge is -2.34. The summed E-state index contributed by atoms with van der Waals surface area (Å²) in [6.07, 6.45) is 3.59. The Morgan fingerprint density at radius 2 is 2.00 bits per heavy atom. The highest BCUT2D eigenvalue weighted by atomic mass is 16.4. The lowest BCUT2D eigenvalue weighted by atomic mass is 10.3. The molecule has 2 heterocycles. The Morgan fingerprint density at radius 1 is 1.24 bits per heavy atom. The van der Waals surface area contributed by atoms with E-state index in [0.29, 0.717) is 5.76 Å². The molecule has 0 radical (unpaired) electrons. The zero-order valence-electron chi connectivity index (χ0n) is 9.97. The van der Waals surface area contributed by atoms with Gasteiger partial charge in [-0.1, -0.05) is 0 Å². The number of carbonyl (C=O) groups is 1. The maximum Gasteiger partial charge on any atom is 0.196 e. The average Bonchev–Trinajstić information content (AvgIpc) is 3.05. The monoisotopic (exact) mass is 234 g/mol. The van der Waals surface area contributed by atoms with Crippen molar-refractivity contribution in [1.29, 1.82) is 0 Å².